The topological polar surface area (TPSA) is 3.24 Å². The highest BCUT2D eigenvalue weighted by molar-refractivity contribution is 7.25. The van der Waals surface area contributed by atoms with E-state index >= 15 is 0 Å². The Hall–Kier alpha value is -6.22. The average molecular weight is 652 g/mol. The van der Waals surface area contributed by atoms with Crippen LogP contribution >= 0.6 is 11.3 Å². The zero-order valence-corrected chi connectivity index (χ0v) is 27.9. The number of hydrogen-bond acceptors (Lipinski definition) is 2. The van der Waals surface area contributed by atoms with E-state index in [2.05, 4.69) is 181 Å². The lowest BCUT2D eigenvalue weighted by atomic mass is 9.83. The molecule has 0 atom stereocenters. The molecule has 0 N–H and O–H groups in total. The van der Waals surface area contributed by atoms with Crippen molar-refractivity contribution in [3.05, 3.63) is 176 Å². The monoisotopic (exact) mass is 651 g/mol. The maximum atomic E-state index is 2.44. The highest BCUT2D eigenvalue weighted by Crippen LogP contribution is 2.57. The summed E-state index contributed by atoms with van der Waals surface area (Å²) in [5, 5.41) is 2.63. The van der Waals surface area contributed by atoms with Gasteiger partial charge in [0.2, 0.25) is 0 Å². The van der Waals surface area contributed by atoms with Gasteiger partial charge in [-0.05, 0) is 109 Å². The van der Waals surface area contributed by atoms with Crippen LogP contribution in [0.15, 0.2) is 176 Å². The second-order valence-corrected chi connectivity index (χ2v) is 14.3. The molecule has 6 bridgehead atoms. The van der Waals surface area contributed by atoms with Gasteiger partial charge in [0, 0.05) is 37.2 Å². The van der Waals surface area contributed by atoms with Gasteiger partial charge in [-0.1, -0.05) is 133 Å². The minimum atomic E-state index is 1.13. The Morgan fingerprint density at radius 3 is 1.60 bits per heavy atom. The van der Waals surface area contributed by atoms with Crippen LogP contribution in [-0.2, 0) is 0 Å². The van der Waals surface area contributed by atoms with E-state index in [-0.39, 0.29) is 0 Å². The predicted molar refractivity (Wildman–Crippen MR) is 214 cm³/mol. The van der Waals surface area contributed by atoms with Crippen molar-refractivity contribution in [3.8, 4) is 66.8 Å². The van der Waals surface area contributed by atoms with Crippen molar-refractivity contribution < 1.29 is 0 Å². The number of anilines is 3. The number of thiophene rings is 1. The Morgan fingerprint density at radius 1 is 0.300 bits per heavy atom. The molecule has 0 amide bonds. The average Bonchev–Trinajstić information content (AvgIpc) is 3.50. The molecule has 2 aliphatic rings. The fraction of sp³-hybridized carbons (Fsp3) is 0. The lowest BCUT2D eigenvalue weighted by molar-refractivity contribution is 1.29. The van der Waals surface area contributed by atoms with Crippen LogP contribution in [0.5, 0.6) is 0 Å². The molecule has 0 unspecified atom stereocenters. The van der Waals surface area contributed by atoms with Gasteiger partial charge in [-0.2, -0.15) is 0 Å². The summed E-state index contributed by atoms with van der Waals surface area (Å²) in [5.41, 5.74) is 18.9. The molecule has 11 rings (SSSR count). The summed E-state index contributed by atoms with van der Waals surface area (Å²) in [6, 6.07) is 65.1. The molecule has 2 heteroatoms. The van der Waals surface area contributed by atoms with Crippen LogP contribution in [0.1, 0.15) is 0 Å². The molecule has 0 aliphatic heterocycles. The van der Waals surface area contributed by atoms with Crippen LogP contribution in [0, 0.1) is 0 Å². The van der Waals surface area contributed by atoms with Gasteiger partial charge in [-0.15, -0.1) is 11.3 Å². The van der Waals surface area contributed by atoms with E-state index in [1.165, 1.54) is 86.9 Å². The van der Waals surface area contributed by atoms with Crippen LogP contribution in [0.2, 0.25) is 0 Å². The third kappa shape index (κ3) is 4.00. The van der Waals surface area contributed by atoms with Crippen molar-refractivity contribution in [1.29, 1.82) is 0 Å². The molecular weight excluding hydrogens is 623 g/mol. The van der Waals surface area contributed by atoms with E-state index in [1.54, 1.807) is 0 Å². The zero-order valence-electron chi connectivity index (χ0n) is 27.1. The molecule has 0 saturated heterocycles. The first kappa shape index (κ1) is 27.7. The number of nitrogens with zero attached hydrogens (tertiary/aromatic N) is 1. The van der Waals surface area contributed by atoms with Gasteiger partial charge < -0.3 is 4.90 Å². The molecular formula is C48H29NS. The molecule has 1 heterocycles. The SMILES string of the molecule is c1ccc(-c2ccc(N(c3ccc4c(c3)-c3c5cccc3-c3cccc-4c3-c3ccccc3-5)c3ccc4c(c3)sc3ccccc34)cc2)cc1. The first-order valence-electron chi connectivity index (χ1n) is 17.2. The summed E-state index contributed by atoms with van der Waals surface area (Å²) in [4.78, 5) is 2.43. The quantitative estimate of drug-likeness (QED) is 0.183. The number of hydrogen-bond donors (Lipinski definition) is 0. The Bertz CT molecular complexity index is 2780. The minimum Gasteiger partial charge on any atom is -0.310 e. The van der Waals surface area contributed by atoms with Crippen molar-refractivity contribution in [2.24, 2.45) is 0 Å². The fourth-order valence-corrected chi connectivity index (χ4v) is 9.51. The fourth-order valence-electron chi connectivity index (χ4n) is 8.37. The van der Waals surface area contributed by atoms with E-state index < -0.39 is 0 Å². The van der Waals surface area contributed by atoms with Crippen molar-refractivity contribution >= 4 is 48.6 Å². The van der Waals surface area contributed by atoms with Crippen LogP contribution in [-0.4, -0.2) is 0 Å². The number of fused-ring (bicyclic) bond motifs is 7. The van der Waals surface area contributed by atoms with Gasteiger partial charge in [0.15, 0.2) is 0 Å². The van der Waals surface area contributed by atoms with Crippen LogP contribution in [0.25, 0.3) is 86.9 Å². The Labute approximate surface area is 295 Å². The molecule has 8 aromatic carbocycles. The normalized spacial score (nSPS) is 12.0. The Morgan fingerprint density at radius 2 is 0.820 bits per heavy atom. The minimum absolute atomic E-state index is 1.13. The van der Waals surface area contributed by atoms with Crippen molar-refractivity contribution in [3.63, 3.8) is 0 Å². The summed E-state index contributed by atoms with van der Waals surface area (Å²) >= 11 is 1.87. The standard InChI is InChI=1S/C48H29NS/c1-2-10-30(11-3-1)31-20-22-32(23-21-31)49(34-25-27-38-37-13-6-7-19-45(37)50-46(38)29-34)33-24-26-36-41-16-9-17-42-43-18-8-15-40(48(43)44(36)28-33)35-12-4-5-14-39(35)47(41)42/h1-29H. The molecule has 1 aromatic heterocycles. The molecule has 0 spiro atoms. The van der Waals surface area contributed by atoms with Gasteiger partial charge in [0.25, 0.3) is 0 Å². The third-order valence-electron chi connectivity index (χ3n) is 10.6. The van der Waals surface area contributed by atoms with E-state index in [0.29, 0.717) is 0 Å². The van der Waals surface area contributed by atoms with Crippen LogP contribution < -0.4 is 4.90 Å². The van der Waals surface area contributed by atoms with E-state index in [0.717, 1.165) is 17.1 Å². The molecule has 0 radical (unpaired) electrons. The van der Waals surface area contributed by atoms with Crippen molar-refractivity contribution in [1.82, 2.24) is 0 Å². The van der Waals surface area contributed by atoms with Gasteiger partial charge in [0.05, 0.1) is 0 Å². The van der Waals surface area contributed by atoms with Crippen molar-refractivity contribution in [2.45, 2.75) is 0 Å². The molecule has 0 saturated carbocycles. The largest absolute Gasteiger partial charge is 0.310 e. The number of rotatable bonds is 4. The first-order chi connectivity index (χ1) is 24.8. The number of benzene rings is 8. The maximum absolute atomic E-state index is 2.44. The summed E-state index contributed by atoms with van der Waals surface area (Å²) < 4.78 is 2.61. The second-order valence-electron chi connectivity index (χ2n) is 13.3. The van der Waals surface area contributed by atoms with E-state index in [1.807, 2.05) is 11.3 Å². The van der Waals surface area contributed by atoms with Crippen LogP contribution in [0.3, 0.4) is 0 Å². The molecule has 2 aliphatic carbocycles. The highest BCUT2D eigenvalue weighted by Gasteiger charge is 2.31. The Balaban J connectivity index is 1.15. The highest BCUT2D eigenvalue weighted by atomic mass is 32.1. The van der Waals surface area contributed by atoms with Crippen molar-refractivity contribution in [2.75, 3.05) is 4.90 Å². The van der Waals surface area contributed by atoms with E-state index in [4.69, 9.17) is 0 Å². The summed E-state index contributed by atoms with van der Waals surface area (Å²) in [6.45, 7) is 0. The van der Waals surface area contributed by atoms with Gasteiger partial charge in [0.1, 0.15) is 0 Å². The molecule has 1 nitrogen and oxygen atoms in total. The van der Waals surface area contributed by atoms with Gasteiger partial charge in [-0.3, -0.25) is 0 Å². The molecule has 0 fully saturated rings. The molecule has 9 aromatic rings. The third-order valence-corrected chi connectivity index (χ3v) is 11.7. The lowest BCUT2D eigenvalue weighted by Crippen LogP contribution is -2.10. The van der Waals surface area contributed by atoms with E-state index in [9.17, 15) is 0 Å². The zero-order chi connectivity index (χ0) is 32.8. The summed E-state index contributed by atoms with van der Waals surface area (Å²) in [6.07, 6.45) is 0. The van der Waals surface area contributed by atoms with Gasteiger partial charge in [-0.25, -0.2) is 0 Å². The first-order valence-corrected chi connectivity index (χ1v) is 18.0. The predicted octanol–water partition coefficient (Wildman–Crippen LogP) is 14.2. The smallest absolute Gasteiger partial charge is 0.0476 e. The summed E-state index contributed by atoms with van der Waals surface area (Å²) in [5.74, 6) is 0. The maximum Gasteiger partial charge on any atom is 0.0476 e. The molecule has 232 valence electrons. The molecule has 50 heavy (non-hydrogen) atoms. The summed E-state index contributed by atoms with van der Waals surface area (Å²) in [7, 11) is 0. The van der Waals surface area contributed by atoms with Gasteiger partial charge >= 0.3 is 0 Å². The van der Waals surface area contributed by atoms with Crippen LogP contribution in [0.4, 0.5) is 17.1 Å². The Kier molecular flexibility index (Phi) is 5.89. The lowest BCUT2D eigenvalue weighted by Gasteiger charge is -2.28. The second kappa shape index (κ2) is 10.6.